The Morgan fingerprint density at radius 3 is 2.74 bits per heavy atom. The molecule has 4 nitrogen and oxygen atoms in total. The molecule has 1 unspecified atom stereocenters. The third-order valence-corrected chi connectivity index (χ3v) is 3.61. The molecule has 2 aromatic rings. The Morgan fingerprint density at radius 2 is 2.11 bits per heavy atom. The molecule has 0 amide bonds. The molecule has 5 heteroatoms. The molecule has 1 atom stereocenters. The van der Waals surface area contributed by atoms with Gasteiger partial charge in [0, 0.05) is 23.4 Å². The van der Waals surface area contributed by atoms with Crippen LogP contribution in [-0.2, 0) is 13.0 Å². The van der Waals surface area contributed by atoms with Crippen molar-refractivity contribution in [2.45, 2.75) is 32.4 Å². The number of nitrogens with one attached hydrogen (secondary N) is 1. The van der Waals surface area contributed by atoms with Crippen molar-refractivity contribution in [3.05, 3.63) is 52.5 Å². The number of imidazole rings is 1. The molecule has 1 aromatic heterocycles. The van der Waals surface area contributed by atoms with Crippen LogP contribution in [0.2, 0.25) is 0 Å². The van der Waals surface area contributed by atoms with Crippen molar-refractivity contribution >= 4 is 15.9 Å². The Balaban J connectivity index is 2.15. The van der Waals surface area contributed by atoms with Gasteiger partial charge in [0.1, 0.15) is 5.82 Å². The maximum absolute atomic E-state index is 5.69. The highest BCUT2D eigenvalue weighted by Crippen LogP contribution is 2.18. The van der Waals surface area contributed by atoms with Crippen LogP contribution in [0.3, 0.4) is 0 Å². The van der Waals surface area contributed by atoms with Gasteiger partial charge in [-0.25, -0.2) is 10.4 Å². The van der Waals surface area contributed by atoms with E-state index < -0.39 is 0 Å². The molecule has 1 aromatic carbocycles. The molecule has 0 aliphatic heterocycles. The fraction of sp³-hybridized carbons (Fsp3) is 0.357. The minimum Gasteiger partial charge on any atom is -0.334 e. The largest absolute Gasteiger partial charge is 0.334 e. The van der Waals surface area contributed by atoms with E-state index >= 15 is 0 Å². The number of aryl methyl sites for hydroxylation is 1. The lowest BCUT2D eigenvalue weighted by Gasteiger charge is -2.17. The number of halogens is 1. The Morgan fingerprint density at radius 1 is 1.37 bits per heavy atom. The van der Waals surface area contributed by atoms with Gasteiger partial charge in [-0.15, -0.1) is 0 Å². The molecule has 102 valence electrons. The molecule has 0 bridgehead atoms. The van der Waals surface area contributed by atoms with Gasteiger partial charge in [0.2, 0.25) is 0 Å². The van der Waals surface area contributed by atoms with E-state index in [9.17, 15) is 0 Å². The maximum Gasteiger partial charge on any atom is 0.127 e. The summed E-state index contributed by atoms with van der Waals surface area (Å²) in [5, 5.41) is 0. The lowest BCUT2D eigenvalue weighted by atomic mass is 10.1. The molecule has 0 saturated carbocycles. The van der Waals surface area contributed by atoms with E-state index in [4.69, 9.17) is 5.84 Å². The fourth-order valence-electron chi connectivity index (χ4n) is 2.14. The summed E-state index contributed by atoms with van der Waals surface area (Å²) in [6, 6.07) is 8.31. The second kappa shape index (κ2) is 6.84. The van der Waals surface area contributed by atoms with Crippen LogP contribution in [0.25, 0.3) is 0 Å². The van der Waals surface area contributed by atoms with E-state index in [0.717, 1.165) is 29.7 Å². The highest BCUT2D eigenvalue weighted by molar-refractivity contribution is 9.10. The summed E-state index contributed by atoms with van der Waals surface area (Å²) in [6.07, 6.45) is 5.74. The fourth-order valence-corrected chi connectivity index (χ4v) is 2.41. The minimum absolute atomic E-state index is 0.0303. The van der Waals surface area contributed by atoms with E-state index in [1.807, 2.05) is 24.5 Å². The first kappa shape index (κ1) is 14.2. The normalized spacial score (nSPS) is 12.6. The molecular weight excluding hydrogens is 304 g/mol. The standard InChI is InChI=1S/C14H19BrN4/c1-2-8-19-9-7-17-14(19)13(18-16)10-11-3-5-12(15)6-4-11/h3-7,9,13,18H,2,8,10,16H2,1H3. The molecule has 3 N–H and O–H groups in total. The molecule has 0 radical (unpaired) electrons. The Hall–Kier alpha value is -1.17. The highest BCUT2D eigenvalue weighted by atomic mass is 79.9. The summed E-state index contributed by atoms with van der Waals surface area (Å²) < 4.78 is 3.24. The third-order valence-electron chi connectivity index (χ3n) is 3.08. The number of benzene rings is 1. The van der Waals surface area contributed by atoms with Gasteiger partial charge in [0.25, 0.3) is 0 Å². The zero-order valence-corrected chi connectivity index (χ0v) is 12.6. The number of hydrazine groups is 1. The average molecular weight is 323 g/mol. The van der Waals surface area contributed by atoms with Crippen LogP contribution in [0.1, 0.15) is 30.8 Å². The molecule has 19 heavy (non-hydrogen) atoms. The molecule has 0 spiro atoms. The summed E-state index contributed by atoms with van der Waals surface area (Å²) in [5.74, 6) is 6.69. The van der Waals surface area contributed by atoms with Gasteiger partial charge < -0.3 is 4.57 Å². The van der Waals surface area contributed by atoms with Crippen LogP contribution in [0.15, 0.2) is 41.1 Å². The Kier molecular flexibility index (Phi) is 5.13. The SMILES string of the molecule is CCCn1ccnc1C(Cc1ccc(Br)cc1)NN. The molecule has 0 fully saturated rings. The number of rotatable bonds is 6. The van der Waals surface area contributed by atoms with Gasteiger partial charge in [-0.1, -0.05) is 35.0 Å². The predicted octanol–water partition coefficient (Wildman–Crippen LogP) is 2.80. The molecule has 1 heterocycles. The molecule has 2 rings (SSSR count). The summed E-state index contributed by atoms with van der Waals surface area (Å²) >= 11 is 3.44. The number of aromatic nitrogens is 2. The van der Waals surface area contributed by atoms with Crippen molar-refractivity contribution in [2.75, 3.05) is 0 Å². The lowest BCUT2D eigenvalue weighted by molar-refractivity contribution is 0.488. The van der Waals surface area contributed by atoms with Crippen LogP contribution < -0.4 is 11.3 Å². The highest BCUT2D eigenvalue weighted by Gasteiger charge is 2.15. The summed E-state index contributed by atoms with van der Waals surface area (Å²) in [7, 11) is 0. The van der Waals surface area contributed by atoms with Crippen molar-refractivity contribution in [3.63, 3.8) is 0 Å². The molecule has 0 saturated heterocycles. The van der Waals surface area contributed by atoms with Gasteiger partial charge in [-0.05, 0) is 30.5 Å². The maximum atomic E-state index is 5.69. The second-order valence-electron chi connectivity index (χ2n) is 4.53. The van der Waals surface area contributed by atoms with Crippen LogP contribution in [0.4, 0.5) is 0 Å². The topological polar surface area (TPSA) is 55.9 Å². The quantitative estimate of drug-likeness (QED) is 0.635. The predicted molar refractivity (Wildman–Crippen MR) is 80.4 cm³/mol. The summed E-state index contributed by atoms with van der Waals surface area (Å²) in [6.45, 7) is 3.12. The van der Waals surface area contributed by atoms with Gasteiger partial charge in [-0.2, -0.15) is 0 Å². The first-order chi connectivity index (χ1) is 9.24. The van der Waals surface area contributed by atoms with Gasteiger partial charge in [0.05, 0.1) is 6.04 Å². The van der Waals surface area contributed by atoms with E-state index in [0.29, 0.717) is 0 Å². The smallest absolute Gasteiger partial charge is 0.127 e. The second-order valence-corrected chi connectivity index (χ2v) is 5.44. The van der Waals surface area contributed by atoms with E-state index in [1.54, 1.807) is 0 Å². The minimum atomic E-state index is 0.0303. The Bertz CT molecular complexity index is 506. The van der Waals surface area contributed by atoms with Crippen molar-refractivity contribution in [1.29, 1.82) is 0 Å². The van der Waals surface area contributed by atoms with Crippen molar-refractivity contribution in [2.24, 2.45) is 5.84 Å². The average Bonchev–Trinajstić information content (AvgIpc) is 2.87. The van der Waals surface area contributed by atoms with Crippen molar-refractivity contribution < 1.29 is 0 Å². The lowest BCUT2D eigenvalue weighted by Crippen LogP contribution is -2.31. The molecule has 0 aliphatic carbocycles. The Labute approximate surface area is 122 Å². The number of nitrogens with zero attached hydrogens (tertiary/aromatic N) is 2. The number of hydrogen-bond donors (Lipinski definition) is 2. The van der Waals surface area contributed by atoms with Gasteiger partial charge in [-0.3, -0.25) is 5.84 Å². The first-order valence-electron chi connectivity index (χ1n) is 6.46. The molecular formula is C14H19BrN4. The van der Waals surface area contributed by atoms with Crippen LogP contribution in [-0.4, -0.2) is 9.55 Å². The first-order valence-corrected chi connectivity index (χ1v) is 7.25. The van der Waals surface area contributed by atoms with Crippen molar-refractivity contribution in [1.82, 2.24) is 15.0 Å². The van der Waals surface area contributed by atoms with Gasteiger partial charge in [0.15, 0.2) is 0 Å². The van der Waals surface area contributed by atoms with E-state index in [2.05, 4.69) is 50.0 Å². The van der Waals surface area contributed by atoms with Crippen LogP contribution in [0, 0.1) is 0 Å². The van der Waals surface area contributed by atoms with E-state index in [1.165, 1.54) is 5.56 Å². The van der Waals surface area contributed by atoms with Crippen LogP contribution >= 0.6 is 15.9 Å². The third kappa shape index (κ3) is 3.65. The molecule has 0 aliphatic rings. The zero-order chi connectivity index (χ0) is 13.7. The monoisotopic (exact) mass is 322 g/mol. The van der Waals surface area contributed by atoms with Gasteiger partial charge >= 0.3 is 0 Å². The van der Waals surface area contributed by atoms with Crippen molar-refractivity contribution in [3.8, 4) is 0 Å². The zero-order valence-electron chi connectivity index (χ0n) is 11.0. The summed E-state index contributed by atoms with van der Waals surface area (Å²) in [4.78, 5) is 4.43. The number of hydrogen-bond acceptors (Lipinski definition) is 3. The summed E-state index contributed by atoms with van der Waals surface area (Å²) in [5.41, 5.74) is 4.10. The van der Waals surface area contributed by atoms with Crippen LogP contribution in [0.5, 0.6) is 0 Å². The number of nitrogens with two attached hydrogens (primary N) is 1. The van der Waals surface area contributed by atoms with E-state index in [-0.39, 0.29) is 6.04 Å².